The molecular formula is C14H28. The summed E-state index contributed by atoms with van der Waals surface area (Å²) in [4.78, 5) is 0. The minimum Gasteiger partial charge on any atom is -0.103 e. The minimum absolute atomic E-state index is 0.967. The van der Waals surface area contributed by atoms with E-state index in [9.17, 15) is 0 Å². The van der Waals surface area contributed by atoms with E-state index in [-0.39, 0.29) is 0 Å². The van der Waals surface area contributed by atoms with E-state index in [0.717, 1.165) is 5.92 Å². The van der Waals surface area contributed by atoms with Crippen molar-refractivity contribution in [3.05, 3.63) is 12.7 Å². The summed E-state index contributed by atoms with van der Waals surface area (Å²) in [6, 6.07) is 0. The molecule has 0 aliphatic heterocycles. The molecule has 0 heterocycles. The standard InChI is InChI=1S/C14H28/c1-4-7-9-10-13-14(11-6-3)12-8-5-2/h5,14H,2,4,6-13H2,1,3H3. The molecule has 0 aliphatic carbocycles. The van der Waals surface area contributed by atoms with Gasteiger partial charge in [0.15, 0.2) is 0 Å². The number of allylic oxidation sites excluding steroid dienone is 1. The molecule has 0 rings (SSSR count). The molecule has 1 atom stereocenters. The molecule has 0 amide bonds. The van der Waals surface area contributed by atoms with Gasteiger partial charge in [-0.2, -0.15) is 0 Å². The number of hydrogen-bond donors (Lipinski definition) is 0. The van der Waals surface area contributed by atoms with Crippen LogP contribution in [0.4, 0.5) is 0 Å². The van der Waals surface area contributed by atoms with Crippen LogP contribution in [0, 0.1) is 5.92 Å². The van der Waals surface area contributed by atoms with Crippen molar-refractivity contribution in [2.75, 3.05) is 0 Å². The van der Waals surface area contributed by atoms with Crippen LogP contribution >= 0.6 is 0 Å². The second kappa shape index (κ2) is 10.8. The van der Waals surface area contributed by atoms with E-state index >= 15 is 0 Å². The Labute approximate surface area is 90.8 Å². The van der Waals surface area contributed by atoms with E-state index in [1.807, 2.05) is 0 Å². The Morgan fingerprint density at radius 2 is 1.71 bits per heavy atom. The summed E-state index contributed by atoms with van der Waals surface area (Å²) in [5.41, 5.74) is 0. The lowest BCUT2D eigenvalue weighted by Gasteiger charge is -2.14. The number of hydrogen-bond acceptors (Lipinski definition) is 0. The summed E-state index contributed by atoms with van der Waals surface area (Å²) < 4.78 is 0. The van der Waals surface area contributed by atoms with E-state index in [0.29, 0.717) is 0 Å². The lowest BCUT2D eigenvalue weighted by molar-refractivity contribution is 0.398. The first-order valence-corrected chi connectivity index (χ1v) is 6.46. The van der Waals surface area contributed by atoms with E-state index in [1.165, 1.54) is 57.8 Å². The van der Waals surface area contributed by atoms with Gasteiger partial charge in [0.2, 0.25) is 0 Å². The van der Waals surface area contributed by atoms with Crippen LogP contribution < -0.4 is 0 Å². The van der Waals surface area contributed by atoms with Gasteiger partial charge >= 0.3 is 0 Å². The van der Waals surface area contributed by atoms with Crippen LogP contribution in [0.15, 0.2) is 12.7 Å². The summed E-state index contributed by atoms with van der Waals surface area (Å²) in [7, 11) is 0. The molecule has 0 bridgehead atoms. The Morgan fingerprint density at radius 3 is 2.29 bits per heavy atom. The zero-order valence-electron chi connectivity index (χ0n) is 10.2. The van der Waals surface area contributed by atoms with Gasteiger partial charge in [0.1, 0.15) is 0 Å². The predicted molar refractivity (Wildman–Crippen MR) is 66.6 cm³/mol. The van der Waals surface area contributed by atoms with Crippen molar-refractivity contribution >= 4 is 0 Å². The van der Waals surface area contributed by atoms with Gasteiger partial charge in [0, 0.05) is 0 Å². The summed E-state index contributed by atoms with van der Waals surface area (Å²) >= 11 is 0. The second-order valence-corrected chi connectivity index (χ2v) is 4.37. The van der Waals surface area contributed by atoms with Crippen LogP contribution in [0.2, 0.25) is 0 Å². The Bertz CT molecular complexity index is 115. The molecule has 1 unspecified atom stereocenters. The van der Waals surface area contributed by atoms with Gasteiger partial charge in [-0.1, -0.05) is 64.9 Å². The number of rotatable bonds is 10. The molecule has 0 aromatic carbocycles. The highest BCUT2D eigenvalue weighted by Crippen LogP contribution is 2.21. The van der Waals surface area contributed by atoms with Gasteiger partial charge in [0.25, 0.3) is 0 Å². The zero-order valence-corrected chi connectivity index (χ0v) is 10.2. The van der Waals surface area contributed by atoms with Crippen molar-refractivity contribution in [2.24, 2.45) is 5.92 Å². The van der Waals surface area contributed by atoms with Crippen molar-refractivity contribution in [3.63, 3.8) is 0 Å². The fourth-order valence-corrected chi connectivity index (χ4v) is 2.05. The topological polar surface area (TPSA) is 0 Å². The van der Waals surface area contributed by atoms with E-state index in [4.69, 9.17) is 0 Å². The summed E-state index contributed by atoms with van der Waals surface area (Å²) in [6.07, 6.45) is 14.5. The molecule has 0 spiro atoms. The summed E-state index contributed by atoms with van der Waals surface area (Å²) in [5, 5.41) is 0. The van der Waals surface area contributed by atoms with Gasteiger partial charge < -0.3 is 0 Å². The summed E-state index contributed by atoms with van der Waals surface area (Å²) in [6.45, 7) is 8.38. The third-order valence-corrected chi connectivity index (χ3v) is 2.94. The van der Waals surface area contributed by atoms with Crippen molar-refractivity contribution in [1.29, 1.82) is 0 Å². The highest BCUT2D eigenvalue weighted by Gasteiger charge is 2.05. The SMILES string of the molecule is C=CCCC(CCC)CCCCCC. The molecular weight excluding hydrogens is 168 g/mol. The van der Waals surface area contributed by atoms with Gasteiger partial charge in [-0.05, 0) is 18.8 Å². The molecule has 14 heavy (non-hydrogen) atoms. The van der Waals surface area contributed by atoms with Crippen LogP contribution in [-0.2, 0) is 0 Å². The first kappa shape index (κ1) is 13.7. The maximum Gasteiger partial charge on any atom is -0.0351 e. The smallest absolute Gasteiger partial charge is 0.0351 e. The third kappa shape index (κ3) is 8.34. The molecule has 0 heteroatoms. The second-order valence-electron chi connectivity index (χ2n) is 4.37. The van der Waals surface area contributed by atoms with E-state index < -0.39 is 0 Å². The molecule has 0 radical (unpaired) electrons. The molecule has 0 aliphatic rings. The van der Waals surface area contributed by atoms with Crippen molar-refractivity contribution in [3.8, 4) is 0 Å². The van der Waals surface area contributed by atoms with Gasteiger partial charge in [-0.3, -0.25) is 0 Å². The molecule has 84 valence electrons. The molecule has 0 aromatic heterocycles. The Balaban J connectivity index is 3.45. The van der Waals surface area contributed by atoms with Crippen LogP contribution in [0.25, 0.3) is 0 Å². The highest BCUT2D eigenvalue weighted by atomic mass is 14.1. The van der Waals surface area contributed by atoms with Gasteiger partial charge in [-0.15, -0.1) is 6.58 Å². The Kier molecular flexibility index (Phi) is 10.6. The number of unbranched alkanes of at least 4 members (excludes halogenated alkanes) is 3. The largest absolute Gasteiger partial charge is 0.103 e. The Hall–Kier alpha value is -0.260. The normalized spacial score (nSPS) is 12.7. The third-order valence-electron chi connectivity index (χ3n) is 2.94. The predicted octanol–water partition coefficient (Wildman–Crippen LogP) is 5.34. The summed E-state index contributed by atoms with van der Waals surface area (Å²) in [5.74, 6) is 0.967. The van der Waals surface area contributed by atoms with Gasteiger partial charge in [0.05, 0.1) is 0 Å². The fourth-order valence-electron chi connectivity index (χ4n) is 2.05. The van der Waals surface area contributed by atoms with Crippen molar-refractivity contribution in [2.45, 2.75) is 71.6 Å². The maximum atomic E-state index is 3.80. The van der Waals surface area contributed by atoms with Crippen LogP contribution in [0.3, 0.4) is 0 Å². The van der Waals surface area contributed by atoms with Crippen LogP contribution in [0.5, 0.6) is 0 Å². The first-order valence-electron chi connectivity index (χ1n) is 6.46. The lowest BCUT2D eigenvalue weighted by Crippen LogP contribution is -1.99. The molecule has 0 saturated heterocycles. The van der Waals surface area contributed by atoms with E-state index in [1.54, 1.807) is 0 Å². The molecule has 0 saturated carbocycles. The monoisotopic (exact) mass is 196 g/mol. The molecule has 0 nitrogen and oxygen atoms in total. The lowest BCUT2D eigenvalue weighted by atomic mass is 9.92. The average Bonchev–Trinajstić information content (AvgIpc) is 2.20. The highest BCUT2D eigenvalue weighted by molar-refractivity contribution is 4.70. The Morgan fingerprint density at radius 1 is 0.929 bits per heavy atom. The fraction of sp³-hybridized carbons (Fsp3) is 0.857. The molecule has 0 aromatic rings. The minimum atomic E-state index is 0.967. The zero-order chi connectivity index (χ0) is 10.6. The van der Waals surface area contributed by atoms with Crippen molar-refractivity contribution in [1.82, 2.24) is 0 Å². The van der Waals surface area contributed by atoms with Gasteiger partial charge in [-0.25, -0.2) is 0 Å². The maximum absolute atomic E-state index is 3.80. The first-order chi connectivity index (χ1) is 6.85. The quantitative estimate of drug-likeness (QED) is 0.327. The molecule has 0 fully saturated rings. The molecule has 0 N–H and O–H groups in total. The average molecular weight is 196 g/mol. The van der Waals surface area contributed by atoms with Crippen LogP contribution in [0.1, 0.15) is 71.6 Å². The van der Waals surface area contributed by atoms with Crippen LogP contribution in [-0.4, -0.2) is 0 Å². The van der Waals surface area contributed by atoms with E-state index in [2.05, 4.69) is 26.5 Å². The van der Waals surface area contributed by atoms with Crippen molar-refractivity contribution < 1.29 is 0 Å².